The number of carbonyl (C=O) groups excluding carboxylic acids is 1. The van der Waals surface area contributed by atoms with Crippen LogP contribution in [-0.4, -0.2) is 65.2 Å². The van der Waals surface area contributed by atoms with Gasteiger partial charge in [-0.15, -0.1) is 0 Å². The van der Waals surface area contributed by atoms with Crippen LogP contribution in [0.25, 0.3) is 0 Å². The molecule has 0 unspecified atom stereocenters. The van der Waals surface area contributed by atoms with Gasteiger partial charge in [0.2, 0.25) is 0 Å². The molecule has 0 saturated carbocycles. The first-order chi connectivity index (χ1) is 14.7. The Kier molecular flexibility index (Phi) is 8.16. The van der Waals surface area contributed by atoms with E-state index in [9.17, 15) is 9.00 Å². The molecule has 2 aromatic rings. The van der Waals surface area contributed by atoms with Crippen LogP contribution in [0.15, 0.2) is 41.3 Å². The maximum Gasteiger partial charge on any atom is 0.251 e. The lowest BCUT2D eigenvalue weighted by atomic mass is 10.1. The Balaban J connectivity index is 1.72. The fourth-order valence-electron chi connectivity index (χ4n) is 3.74. The van der Waals surface area contributed by atoms with E-state index < -0.39 is 9.93 Å². The minimum atomic E-state index is -2.50. The van der Waals surface area contributed by atoms with E-state index in [1.807, 2.05) is 25.1 Å². The number of halogens is 2. The highest BCUT2D eigenvalue weighted by molar-refractivity contribution is 8.02. The minimum absolute atomic E-state index is 0.213. The molecule has 170 valence electrons. The van der Waals surface area contributed by atoms with Gasteiger partial charge in [0.25, 0.3) is 5.91 Å². The average molecular weight is 484 g/mol. The van der Waals surface area contributed by atoms with Crippen molar-refractivity contribution >= 4 is 39.0 Å². The first-order valence-electron chi connectivity index (χ1n) is 10.5. The van der Waals surface area contributed by atoms with Crippen LogP contribution in [0.5, 0.6) is 0 Å². The molecular weight excluding hydrogens is 453 g/mol. The first kappa shape index (κ1) is 24.2. The standard InChI is InChI=1S/C23H31Cl2N3O2S/c1-4-31(3,30)22-6-5-20(24)14-19(22)15-26-23(29)18-11-17(12-21(25)13-18)16-28-9-7-27(2)8-10-28/h5-6,11-14,31H,4,7-10,15-16H2,1-3H3,(H,26,29). The Morgan fingerprint density at radius 3 is 2.45 bits per heavy atom. The molecule has 0 radical (unpaired) electrons. The maximum absolute atomic E-state index is 12.9. The Morgan fingerprint density at radius 1 is 1.06 bits per heavy atom. The molecule has 0 aromatic heterocycles. The quantitative estimate of drug-likeness (QED) is 0.589. The van der Waals surface area contributed by atoms with Crippen molar-refractivity contribution in [2.45, 2.75) is 24.9 Å². The molecule has 3 rings (SSSR count). The van der Waals surface area contributed by atoms with Gasteiger partial charge in [-0.3, -0.25) is 13.9 Å². The molecule has 1 aliphatic heterocycles. The maximum atomic E-state index is 12.9. The van der Waals surface area contributed by atoms with Crippen LogP contribution < -0.4 is 5.32 Å². The summed E-state index contributed by atoms with van der Waals surface area (Å²) < 4.78 is 12.9. The molecule has 0 atom stereocenters. The van der Waals surface area contributed by atoms with Crippen LogP contribution >= 0.6 is 23.2 Å². The molecule has 0 aliphatic carbocycles. The second-order valence-corrected chi connectivity index (χ2v) is 12.5. The molecular formula is C23H31Cl2N3O2S. The summed E-state index contributed by atoms with van der Waals surface area (Å²) in [6.45, 7) is 7.00. The fourth-order valence-corrected chi connectivity index (χ4v) is 5.68. The zero-order chi connectivity index (χ0) is 22.6. The van der Waals surface area contributed by atoms with Crippen LogP contribution in [0, 0.1) is 0 Å². The number of nitrogens with one attached hydrogen (secondary N) is 1. The highest BCUT2D eigenvalue weighted by Gasteiger charge is 2.18. The largest absolute Gasteiger partial charge is 0.348 e. The lowest BCUT2D eigenvalue weighted by Crippen LogP contribution is -2.43. The second-order valence-electron chi connectivity index (χ2n) is 8.30. The van der Waals surface area contributed by atoms with E-state index >= 15 is 0 Å². The number of thiol groups is 1. The van der Waals surface area contributed by atoms with Gasteiger partial charge in [0.05, 0.1) is 0 Å². The lowest BCUT2D eigenvalue weighted by molar-refractivity contribution is 0.0950. The Labute approximate surface area is 196 Å². The summed E-state index contributed by atoms with van der Waals surface area (Å²) in [5.74, 6) is 0.343. The highest BCUT2D eigenvalue weighted by Crippen LogP contribution is 2.25. The van der Waals surface area contributed by atoms with Gasteiger partial charge in [-0.25, -0.2) is 0 Å². The number of likely N-dealkylation sites (N-methyl/N-ethyl adjacent to an activating group) is 1. The topological polar surface area (TPSA) is 52.7 Å². The van der Waals surface area contributed by atoms with Crippen molar-refractivity contribution in [3.63, 3.8) is 0 Å². The molecule has 8 heteroatoms. The van der Waals surface area contributed by atoms with Crippen molar-refractivity contribution in [3.8, 4) is 0 Å². The van der Waals surface area contributed by atoms with Gasteiger partial charge in [-0.05, 0) is 60.8 Å². The molecule has 1 saturated heterocycles. The molecule has 1 heterocycles. The normalized spacial score (nSPS) is 16.3. The van der Waals surface area contributed by atoms with Crippen molar-refractivity contribution in [3.05, 3.63) is 63.1 Å². The van der Waals surface area contributed by atoms with E-state index in [1.54, 1.807) is 24.5 Å². The molecule has 1 N–H and O–H groups in total. The monoisotopic (exact) mass is 483 g/mol. The van der Waals surface area contributed by atoms with Crippen LogP contribution in [0.2, 0.25) is 10.0 Å². The zero-order valence-electron chi connectivity index (χ0n) is 18.3. The van der Waals surface area contributed by atoms with Gasteiger partial charge < -0.3 is 10.2 Å². The summed E-state index contributed by atoms with van der Waals surface area (Å²) in [6.07, 6.45) is 1.77. The van der Waals surface area contributed by atoms with E-state index in [4.69, 9.17) is 23.2 Å². The predicted octanol–water partition coefficient (Wildman–Crippen LogP) is 3.70. The van der Waals surface area contributed by atoms with Crippen molar-refractivity contribution in [1.82, 2.24) is 15.1 Å². The molecule has 1 amide bonds. The number of piperazine rings is 1. The summed E-state index contributed by atoms with van der Waals surface area (Å²) in [4.78, 5) is 18.3. The van der Waals surface area contributed by atoms with Crippen molar-refractivity contribution in [2.75, 3.05) is 45.2 Å². The SMILES string of the molecule is CC[SH](C)(=O)c1ccc(Cl)cc1CNC(=O)c1cc(Cl)cc(CN2CCN(C)CC2)c1. The Hall–Kier alpha value is -1.44. The highest BCUT2D eigenvalue weighted by atomic mass is 35.5. The molecule has 2 aromatic carbocycles. The Morgan fingerprint density at radius 2 is 1.77 bits per heavy atom. The van der Waals surface area contributed by atoms with Crippen LogP contribution in [0.3, 0.4) is 0 Å². The van der Waals surface area contributed by atoms with Crippen molar-refractivity contribution in [1.29, 1.82) is 0 Å². The third-order valence-corrected chi connectivity index (χ3v) is 8.93. The summed E-state index contributed by atoms with van der Waals surface area (Å²) in [7, 11) is -0.369. The fraction of sp³-hybridized carbons (Fsp3) is 0.435. The van der Waals surface area contributed by atoms with Crippen molar-refractivity contribution in [2.24, 2.45) is 0 Å². The molecule has 5 nitrogen and oxygen atoms in total. The number of hydrogen-bond donors (Lipinski definition) is 2. The summed E-state index contributed by atoms with van der Waals surface area (Å²) in [5, 5.41) is 4.05. The number of nitrogens with zero attached hydrogens (tertiary/aromatic N) is 2. The lowest BCUT2D eigenvalue weighted by Gasteiger charge is -2.32. The number of rotatable bonds is 7. The number of hydrogen-bond acceptors (Lipinski definition) is 4. The minimum Gasteiger partial charge on any atom is -0.348 e. The predicted molar refractivity (Wildman–Crippen MR) is 131 cm³/mol. The number of benzene rings is 2. The Bertz CT molecular complexity index is 991. The molecule has 0 spiro atoms. The molecule has 1 fully saturated rings. The zero-order valence-corrected chi connectivity index (χ0v) is 20.7. The van der Waals surface area contributed by atoms with E-state index in [1.165, 1.54) is 0 Å². The second kappa shape index (κ2) is 10.5. The number of carbonyl (C=O) groups is 1. The first-order valence-corrected chi connectivity index (χ1v) is 13.6. The van der Waals surface area contributed by atoms with Gasteiger partial charge in [-0.2, -0.15) is 0 Å². The van der Waals surface area contributed by atoms with Gasteiger partial charge in [0.15, 0.2) is 0 Å². The average Bonchev–Trinajstić information content (AvgIpc) is 2.73. The van der Waals surface area contributed by atoms with Crippen molar-refractivity contribution < 1.29 is 9.00 Å². The van der Waals surface area contributed by atoms with Crippen LogP contribution in [0.4, 0.5) is 0 Å². The summed E-state index contributed by atoms with van der Waals surface area (Å²) in [6, 6.07) is 10.8. The van der Waals surface area contributed by atoms with Gasteiger partial charge in [0.1, 0.15) is 0 Å². The molecule has 31 heavy (non-hydrogen) atoms. The van der Waals surface area contributed by atoms with E-state index in [0.717, 1.165) is 48.7 Å². The van der Waals surface area contributed by atoms with E-state index in [2.05, 4.69) is 22.2 Å². The third kappa shape index (κ3) is 6.53. The van der Waals surface area contributed by atoms with Gasteiger partial charge >= 0.3 is 0 Å². The smallest absolute Gasteiger partial charge is 0.251 e. The third-order valence-electron chi connectivity index (χ3n) is 5.82. The molecule has 1 aliphatic rings. The molecule has 0 bridgehead atoms. The van der Waals surface area contributed by atoms with Gasteiger partial charge in [-0.1, -0.05) is 40.1 Å². The van der Waals surface area contributed by atoms with Gasteiger partial charge in [0, 0.05) is 65.5 Å². The van der Waals surface area contributed by atoms with Crippen LogP contribution in [0.1, 0.15) is 28.4 Å². The van der Waals surface area contributed by atoms with E-state index in [0.29, 0.717) is 21.4 Å². The van der Waals surface area contributed by atoms with E-state index in [-0.39, 0.29) is 12.5 Å². The summed E-state index contributed by atoms with van der Waals surface area (Å²) >= 11 is 12.5. The number of amides is 1. The van der Waals surface area contributed by atoms with Crippen LogP contribution in [-0.2, 0) is 23.0 Å². The summed E-state index contributed by atoms with van der Waals surface area (Å²) in [5.41, 5.74) is 2.33.